The molecule has 3 N–H and O–H groups in total. The summed E-state index contributed by atoms with van der Waals surface area (Å²) in [4.78, 5) is 25.3. The van der Waals surface area contributed by atoms with E-state index in [9.17, 15) is 9.59 Å². The van der Waals surface area contributed by atoms with Crippen LogP contribution in [0.3, 0.4) is 0 Å². The number of benzene rings is 2. The molecule has 0 spiro atoms. The van der Waals surface area contributed by atoms with E-state index in [2.05, 4.69) is 5.32 Å². The summed E-state index contributed by atoms with van der Waals surface area (Å²) in [7, 11) is 0. The Morgan fingerprint density at radius 1 is 0.962 bits per heavy atom. The highest BCUT2D eigenvalue weighted by Crippen LogP contribution is 2.32. The normalized spacial score (nSPS) is 12.5. The molecule has 2 amide bonds. The first-order valence-corrected chi connectivity index (χ1v) is 8.75. The van der Waals surface area contributed by atoms with Gasteiger partial charge < -0.3 is 5.32 Å². The fourth-order valence-corrected chi connectivity index (χ4v) is 3.06. The molecule has 138 valence electrons. The van der Waals surface area contributed by atoms with Crippen LogP contribution < -0.4 is 10.8 Å². The zero-order valence-corrected chi connectivity index (χ0v) is 15.4. The third-order valence-electron chi connectivity index (χ3n) is 4.60. The minimum absolute atomic E-state index is 0.178. The summed E-state index contributed by atoms with van der Waals surface area (Å²) in [6.07, 6.45) is 0.428. The first-order chi connectivity index (χ1) is 12.4. The quantitative estimate of drug-likeness (QED) is 0.528. The summed E-state index contributed by atoms with van der Waals surface area (Å²) in [6, 6.07) is 18.1. The number of rotatable bonds is 7. The number of carbonyl (C=O) groups excluding carboxylic acids is 2. The number of carbonyl (C=O) groups is 2. The van der Waals surface area contributed by atoms with Gasteiger partial charge in [0.1, 0.15) is 6.04 Å². The number of amides is 2. The van der Waals surface area contributed by atoms with Crippen molar-refractivity contribution in [2.45, 2.75) is 38.6 Å². The van der Waals surface area contributed by atoms with Crippen molar-refractivity contribution < 1.29 is 14.8 Å². The molecule has 0 aliphatic heterocycles. The second-order valence-electron chi connectivity index (χ2n) is 6.99. The highest BCUT2D eigenvalue weighted by Gasteiger charge is 2.38. The van der Waals surface area contributed by atoms with Crippen molar-refractivity contribution >= 4 is 11.8 Å². The van der Waals surface area contributed by atoms with Gasteiger partial charge in [-0.25, -0.2) is 5.48 Å². The standard InChI is InChI=1S/C21H26N2O3/c1-15(2)14-18(19(24)23-26)22-20(25)21(3,16-10-6-4-7-11-16)17-12-8-5-9-13-17/h4-13,15,18,26H,14H2,1-3H3,(H,22,25)(H,23,24)/t18-/m1/s1. The van der Waals surface area contributed by atoms with E-state index >= 15 is 0 Å². The van der Waals surface area contributed by atoms with Crippen LogP contribution in [0.1, 0.15) is 38.3 Å². The second-order valence-corrected chi connectivity index (χ2v) is 6.99. The van der Waals surface area contributed by atoms with E-state index in [-0.39, 0.29) is 11.8 Å². The van der Waals surface area contributed by atoms with Crippen molar-refractivity contribution in [1.82, 2.24) is 10.8 Å². The van der Waals surface area contributed by atoms with Crippen molar-refractivity contribution in [3.05, 3.63) is 71.8 Å². The summed E-state index contributed by atoms with van der Waals surface area (Å²) >= 11 is 0. The van der Waals surface area contributed by atoms with Crippen molar-refractivity contribution in [2.75, 3.05) is 0 Å². The number of nitrogens with one attached hydrogen (secondary N) is 2. The molecule has 0 saturated carbocycles. The molecule has 0 aliphatic carbocycles. The van der Waals surface area contributed by atoms with Gasteiger partial charge in [-0.1, -0.05) is 74.5 Å². The van der Waals surface area contributed by atoms with Crippen LogP contribution in [0.15, 0.2) is 60.7 Å². The van der Waals surface area contributed by atoms with Gasteiger partial charge >= 0.3 is 0 Å². The molecule has 0 unspecified atom stereocenters. The minimum Gasteiger partial charge on any atom is -0.343 e. The van der Waals surface area contributed by atoms with Crippen molar-refractivity contribution in [2.24, 2.45) is 5.92 Å². The largest absolute Gasteiger partial charge is 0.343 e. The fraction of sp³-hybridized carbons (Fsp3) is 0.333. The summed E-state index contributed by atoms with van der Waals surface area (Å²) in [5.74, 6) is -0.725. The van der Waals surface area contributed by atoms with Crippen molar-refractivity contribution in [3.63, 3.8) is 0 Å². The van der Waals surface area contributed by atoms with E-state index in [1.165, 1.54) is 0 Å². The Balaban J connectivity index is 2.42. The topological polar surface area (TPSA) is 78.4 Å². The van der Waals surface area contributed by atoms with Gasteiger partial charge in [0.05, 0.1) is 5.41 Å². The minimum atomic E-state index is -0.965. The van der Waals surface area contributed by atoms with E-state index in [1.54, 1.807) is 5.48 Å². The molecule has 0 saturated heterocycles. The van der Waals surface area contributed by atoms with Gasteiger partial charge in [-0.3, -0.25) is 14.8 Å². The molecule has 2 aromatic carbocycles. The van der Waals surface area contributed by atoms with Crippen molar-refractivity contribution in [3.8, 4) is 0 Å². The third kappa shape index (κ3) is 4.29. The van der Waals surface area contributed by atoms with Crippen LogP contribution in [0.25, 0.3) is 0 Å². The molecule has 26 heavy (non-hydrogen) atoms. The monoisotopic (exact) mass is 354 g/mol. The number of hydroxylamine groups is 1. The van der Waals surface area contributed by atoms with Crippen LogP contribution in [0.5, 0.6) is 0 Å². The van der Waals surface area contributed by atoms with Crippen LogP contribution in [-0.2, 0) is 15.0 Å². The van der Waals surface area contributed by atoms with Crippen LogP contribution >= 0.6 is 0 Å². The predicted molar refractivity (Wildman–Crippen MR) is 101 cm³/mol. The Labute approximate surface area is 154 Å². The van der Waals surface area contributed by atoms with E-state index in [4.69, 9.17) is 5.21 Å². The van der Waals surface area contributed by atoms with E-state index in [0.29, 0.717) is 6.42 Å². The van der Waals surface area contributed by atoms with Gasteiger partial charge in [0.15, 0.2) is 0 Å². The highest BCUT2D eigenvalue weighted by atomic mass is 16.5. The summed E-state index contributed by atoms with van der Waals surface area (Å²) in [6.45, 7) is 5.76. The Kier molecular flexibility index (Phi) is 6.52. The first-order valence-electron chi connectivity index (χ1n) is 8.75. The molecule has 0 fully saturated rings. The maximum atomic E-state index is 13.3. The lowest BCUT2D eigenvalue weighted by atomic mass is 9.75. The van der Waals surface area contributed by atoms with E-state index in [0.717, 1.165) is 11.1 Å². The number of hydrogen-bond acceptors (Lipinski definition) is 3. The molecular weight excluding hydrogens is 328 g/mol. The zero-order valence-electron chi connectivity index (χ0n) is 15.4. The molecule has 0 bridgehead atoms. The molecule has 2 rings (SSSR count). The lowest BCUT2D eigenvalue weighted by molar-refractivity contribution is -0.136. The molecule has 0 aromatic heterocycles. The smallest absolute Gasteiger partial charge is 0.265 e. The molecule has 5 heteroatoms. The van der Waals surface area contributed by atoms with Gasteiger partial charge in [-0.2, -0.15) is 0 Å². The second kappa shape index (κ2) is 8.63. The summed E-state index contributed by atoms with van der Waals surface area (Å²) in [5, 5.41) is 11.8. The van der Waals surface area contributed by atoms with Crippen LogP contribution in [0.2, 0.25) is 0 Å². The third-order valence-corrected chi connectivity index (χ3v) is 4.60. The maximum Gasteiger partial charge on any atom is 0.265 e. The van der Waals surface area contributed by atoms with Crippen LogP contribution in [0.4, 0.5) is 0 Å². The maximum absolute atomic E-state index is 13.3. The molecule has 2 aromatic rings. The van der Waals surface area contributed by atoms with E-state index < -0.39 is 17.4 Å². The fourth-order valence-electron chi connectivity index (χ4n) is 3.06. The molecule has 5 nitrogen and oxygen atoms in total. The lowest BCUT2D eigenvalue weighted by Gasteiger charge is -2.31. The van der Waals surface area contributed by atoms with Gasteiger partial charge in [-0.05, 0) is 30.4 Å². The molecule has 0 radical (unpaired) electrons. The average Bonchev–Trinajstić information content (AvgIpc) is 2.67. The lowest BCUT2D eigenvalue weighted by Crippen LogP contribution is -2.52. The van der Waals surface area contributed by atoms with Crippen molar-refractivity contribution in [1.29, 1.82) is 0 Å². The summed E-state index contributed by atoms with van der Waals surface area (Å²) < 4.78 is 0. The SMILES string of the molecule is CC(C)C[C@@H](NC(=O)C(C)(c1ccccc1)c1ccccc1)C(=O)NO. The molecule has 1 atom stereocenters. The van der Waals surface area contributed by atoms with Gasteiger partial charge in [0, 0.05) is 0 Å². The Morgan fingerprint density at radius 3 is 1.81 bits per heavy atom. The first kappa shape index (κ1) is 19.7. The highest BCUT2D eigenvalue weighted by molar-refractivity contribution is 5.95. The zero-order chi connectivity index (χ0) is 19.2. The Bertz CT molecular complexity index is 690. The van der Waals surface area contributed by atoms with Gasteiger partial charge in [0.25, 0.3) is 5.91 Å². The number of hydrogen-bond donors (Lipinski definition) is 3. The average molecular weight is 354 g/mol. The Hall–Kier alpha value is -2.66. The summed E-state index contributed by atoms with van der Waals surface area (Å²) in [5.41, 5.74) is 2.35. The molecule has 0 heterocycles. The van der Waals surface area contributed by atoms with Crippen LogP contribution in [-0.4, -0.2) is 23.1 Å². The predicted octanol–water partition coefficient (Wildman–Crippen LogP) is 3.03. The van der Waals surface area contributed by atoms with Gasteiger partial charge in [0.2, 0.25) is 5.91 Å². The molecular formula is C21H26N2O3. The van der Waals surface area contributed by atoms with Gasteiger partial charge in [-0.15, -0.1) is 0 Å². The Morgan fingerprint density at radius 2 is 1.42 bits per heavy atom. The molecule has 0 aliphatic rings. The van der Waals surface area contributed by atoms with Crippen LogP contribution in [0, 0.1) is 5.92 Å². The van der Waals surface area contributed by atoms with E-state index in [1.807, 2.05) is 81.4 Å².